The van der Waals surface area contributed by atoms with E-state index in [9.17, 15) is 0 Å². The van der Waals surface area contributed by atoms with Gasteiger partial charge in [0, 0.05) is 10.8 Å². The molecule has 68 valence electrons. The van der Waals surface area contributed by atoms with Gasteiger partial charge in [0.15, 0.2) is 4.47 Å². The first-order valence-electron chi connectivity index (χ1n) is 3.56. The van der Waals surface area contributed by atoms with Crippen molar-refractivity contribution in [3.8, 4) is 0 Å². The minimum absolute atomic E-state index is 0.556. The number of aromatic nitrogens is 2. The fourth-order valence-electron chi connectivity index (χ4n) is 0.839. The smallest absolute Gasteiger partial charge is 0.185 e. The lowest BCUT2D eigenvalue weighted by Gasteiger charge is -1.97. The van der Waals surface area contributed by atoms with E-state index in [0.717, 1.165) is 11.5 Å². The maximum absolute atomic E-state index is 5.67. The maximum atomic E-state index is 5.67. The maximum Gasteiger partial charge on any atom is 0.185 e. The molecule has 0 radical (unpaired) electrons. The summed E-state index contributed by atoms with van der Waals surface area (Å²) in [5, 5.41) is 7.01. The Kier molecular flexibility index (Phi) is 2.77. The van der Waals surface area contributed by atoms with Gasteiger partial charge in [-0.3, -0.25) is 0 Å². The van der Waals surface area contributed by atoms with Gasteiger partial charge in [-0.2, -0.15) is 0 Å². The summed E-state index contributed by atoms with van der Waals surface area (Å²) >= 11 is 8.68. The number of nitrogens with one attached hydrogen (secondary N) is 1. The van der Waals surface area contributed by atoms with Gasteiger partial charge in [-0.05, 0) is 0 Å². The molecule has 2 rings (SSSR count). The number of rotatable bonds is 3. The highest BCUT2D eigenvalue weighted by Crippen LogP contribution is 2.19. The van der Waals surface area contributed by atoms with Crippen LogP contribution in [-0.4, -0.2) is 9.97 Å². The van der Waals surface area contributed by atoms with Crippen molar-refractivity contribution >= 4 is 40.1 Å². The molecular formula is C7H6ClN3S2. The van der Waals surface area contributed by atoms with Crippen molar-refractivity contribution < 1.29 is 0 Å². The van der Waals surface area contributed by atoms with E-state index in [1.807, 2.05) is 16.3 Å². The summed E-state index contributed by atoms with van der Waals surface area (Å²) in [6.07, 6.45) is 0. The topological polar surface area (TPSA) is 37.8 Å². The molecule has 6 heteroatoms. The van der Waals surface area contributed by atoms with E-state index in [1.165, 1.54) is 11.3 Å². The lowest BCUT2D eigenvalue weighted by atomic mass is 10.5. The Balaban J connectivity index is 1.93. The molecule has 3 nitrogen and oxygen atoms in total. The number of hydrogen-bond donors (Lipinski definition) is 1. The molecule has 0 amide bonds. The predicted molar refractivity (Wildman–Crippen MR) is 56.6 cm³/mol. The first-order chi connectivity index (χ1) is 6.34. The van der Waals surface area contributed by atoms with E-state index in [0.29, 0.717) is 11.0 Å². The van der Waals surface area contributed by atoms with Crippen molar-refractivity contribution in [1.29, 1.82) is 0 Å². The van der Waals surface area contributed by atoms with E-state index < -0.39 is 0 Å². The molecule has 0 unspecified atom stereocenters. The Hall–Kier alpha value is -0.650. The molecule has 0 spiro atoms. The quantitative estimate of drug-likeness (QED) is 0.883. The molecule has 2 aromatic heterocycles. The Labute approximate surface area is 88.4 Å². The van der Waals surface area contributed by atoms with Gasteiger partial charge in [0.05, 0.1) is 17.7 Å². The molecule has 0 aliphatic carbocycles. The van der Waals surface area contributed by atoms with Crippen molar-refractivity contribution in [3.63, 3.8) is 0 Å². The van der Waals surface area contributed by atoms with Crippen LogP contribution in [0, 0.1) is 0 Å². The summed E-state index contributed by atoms with van der Waals surface area (Å²) in [4.78, 5) is 8.20. The van der Waals surface area contributed by atoms with Crippen LogP contribution in [0.5, 0.6) is 0 Å². The molecule has 0 saturated carbocycles. The standard InChI is InChI=1S/C7H6ClN3S2/c8-7-11-6(3-13-7)9-1-5-2-12-4-10-5/h2-4,9H,1H2. The van der Waals surface area contributed by atoms with E-state index in [1.54, 1.807) is 11.3 Å². The second kappa shape index (κ2) is 4.04. The third-order valence-corrected chi connectivity index (χ3v) is 3.02. The summed E-state index contributed by atoms with van der Waals surface area (Å²) in [5.74, 6) is 0.808. The van der Waals surface area contributed by atoms with E-state index >= 15 is 0 Å². The molecule has 2 heterocycles. The molecule has 0 aliphatic heterocycles. The van der Waals surface area contributed by atoms with Crippen LogP contribution in [-0.2, 0) is 6.54 Å². The molecule has 0 atom stereocenters. The molecular weight excluding hydrogens is 226 g/mol. The SMILES string of the molecule is Clc1nc(NCc2cscn2)cs1. The van der Waals surface area contributed by atoms with Crippen LogP contribution < -0.4 is 5.32 Å². The molecule has 2 aromatic rings. The van der Waals surface area contributed by atoms with Gasteiger partial charge < -0.3 is 5.32 Å². The fourth-order valence-corrected chi connectivity index (χ4v) is 2.12. The van der Waals surface area contributed by atoms with Crippen molar-refractivity contribution in [2.45, 2.75) is 6.54 Å². The molecule has 0 fully saturated rings. The summed E-state index contributed by atoms with van der Waals surface area (Å²) in [6.45, 7) is 0.698. The lowest BCUT2D eigenvalue weighted by molar-refractivity contribution is 1.06. The van der Waals surface area contributed by atoms with Gasteiger partial charge in [-0.1, -0.05) is 11.6 Å². The first-order valence-corrected chi connectivity index (χ1v) is 5.76. The highest BCUT2D eigenvalue weighted by Gasteiger charge is 1.99. The van der Waals surface area contributed by atoms with E-state index in [-0.39, 0.29) is 0 Å². The fraction of sp³-hybridized carbons (Fsp3) is 0.143. The second-order valence-electron chi connectivity index (χ2n) is 2.32. The molecule has 1 N–H and O–H groups in total. The van der Waals surface area contributed by atoms with Crippen molar-refractivity contribution in [3.05, 3.63) is 26.4 Å². The number of halogens is 1. The zero-order valence-electron chi connectivity index (χ0n) is 6.53. The summed E-state index contributed by atoms with van der Waals surface area (Å²) in [5.41, 5.74) is 2.83. The minimum Gasteiger partial charge on any atom is -0.364 e. The van der Waals surface area contributed by atoms with E-state index in [2.05, 4.69) is 15.3 Å². The number of anilines is 1. The number of hydrogen-bond acceptors (Lipinski definition) is 5. The van der Waals surface area contributed by atoms with Crippen molar-refractivity contribution in [2.75, 3.05) is 5.32 Å². The van der Waals surface area contributed by atoms with Crippen LogP contribution in [0.25, 0.3) is 0 Å². The van der Waals surface area contributed by atoms with Gasteiger partial charge in [0.25, 0.3) is 0 Å². The molecule has 0 aromatic carbocycles. The number of nitrogens with zero attached hydrogens (tertiary/aromatic N) is 2. The molecule has 0 aliphatic rings. The van der Waals surface area contributed by atoms with Gasteiger partial charge in [0.2, 0.25) is 0 Å². The summed E-state index contributed by atoms with van der Waals surface area (Å²) in [6, 6.07) is 0. The zero-order valence-corrected chi connectivity index (χ0v) is 8.92. The van der Waals surface area contributed by atoms with E-state index in [4.69, 9.17) is 11.6 Å². The van der Waals surface area contributed by atoms with Gasteiger partial charge in [-0.15, -0.1) is 22.7 Å². The average molecular weight is 232 g/mol. The van der Waals surface area contributed by atoms with Gasteiger partial charge in [-0.25, -0.2) is 9.97 Å². The normalized spacial score (nSPS) is 10.2. The molecule has 0 bridgehead atoms. The third kappa shape index (κ3) is 2.40. The van der Waals surface area contributed by atoms with Crippen molar-refractivity contribution in [1.82, 2.24) is 9.97 Å². The summed E-state index contributed by atoms with van der Waals surface area (Å²) < 4.78 is 0.556. The average Bonchev–Trinajstić information content (AvgIpc) is 2.71. The minimum atomic E-state index is 0.556. The highest BCUT2D eigenvalue weighted by molar-refractivity contribution is 7.14. The van der Waals surface area contributed by atoms with Crippen LogP contribution in [0.2, 0.25) is 4.47 Å². The van der Waals surface area contributed by atoms with Crippen LogP contribution >= 0.6 is 34.3 Å². The Morgan fingerprint density at radius 2 is 2.38 bits per heavy atom. The largest absolute Gasteiger partial charge is 0.364 e. The molecule has 0 saturated heterocycles. The Morgan fingerprint density at radius 3 is 3.00 bits per heavy atom. The monoisotopic (exact) mass is 231 g/mol. The van der Waals surface area contributed by atoms with Crippen LogP contribution in [0.1, 0.15) is 5.69 Å². The predicted octanol–water partition coefficient (Wildman–Crippen LogP) is 2.87. The lowest BCUT2D eigenvalue weighted by Crippen LogP contribution is -1.99. The Bertz CT molecular complexity index is 371. The third-order valence-electron chi connectivity index (χ3n) is 1.41. The number of thiazole rings is 2. The Morgan fingerprint density at radius 1 is 1.46 bits per heavy atom. The first kappa shape index (κ1) is 8.93. The summed E-state index contributed by atoms with van der Waals surface area (Å²) in [7, 11) is 0. The van der Waals surface area contributed by atoms with Gasteiger partial charge >= 0.3 is 0 Å². The highest BCUT2D eigenvalue weighted by atomic mass is 35.5. The van der Waals surface area contributed by atoms with Crippen molar-refractivity contribution in [2.24, 2.45) is 0 Å². The molecule has 13 heavy (non-hydrogen) atoms. The van der Waals surface area contributed by atoms with Crippen LogP contribution in [0.15, 0.2) is 16.3 Å². The zero-order chi connectivity index (χ0) is 9.10. The van der Waals surface area contributed by atoms with Gasteiger partial charge in [0.1, 0.15) is 5.82 Å². The van der Waals surface area contributed by atoms with Crippen LogP contribution in [0.4, 0.5) is 5.82 Å². The van der Waals surface area contributed by atoms with Crippen LogP contribution in [0.3, 0.4) is 0 Å². The second-order valence-corrected chi connectivity index (χ2v) is 4.48.